The molecule has 0 saturated carbocycles. The van der Waals surface area contributed by atoms with Crippen LogP contribution in [0.4, 0.5) is 5.69 Å². The fraction of sp³-hybridized carbons (Fsp3) is 0.467. The van der Waals surface area contributed by atoms with Crippen LogP contribution in [0, 0.1) is 0 Å². The van der Waals surface area contributed by atoms with Gasteiger partial charge in [-0.1, -0.05) is 18.2 Å². The largest absolute Gasteiger partial charge is 0.481 e. The summed E-state index contributed by atoms with van der Waals surface area (Å²) in [6, 6.07) is 9.68. The maximum atomic E-state index is 11.5. The molecule has 110 valence electrons. The van der Waals surface area contributed by atoms with Gasteiger partial charge >= 0.3 is 5.97 Å². The Morgan fingerprint density at radius 3 is 2.25 bits per heavy atom. The lowest BCUT2D eigenvalue weighted by atomic mass is 10.2. The quantitative estimate of drug-likeness (QED) is 0.788. The first kappa shape index (κ1) is 16.0. The first-order valence-electron chi connectivity index (χ1n) is 6.72. The fourth-order valence-corrected chi connectivity index (χ4v) is 1.88. The Labute approximate surface area is 119 Å². The molecule has 0 aromatic heterocycles. The van der Waals surface area contributed by atoms with Gasteiger partial charge in [0.05, 0.1) is 6.42 Å². The summed E-state index contributed by atoms with van der Waals surface area (Å²) in [7, 11) is 3.48. The van der Waals surface area contributed by atoms with Crippen LogP contribution in [0.25, 0.3) is 0 Å². The third kappa shape index (κ3) is 5.73. The third-order valence-corrected chi connectivity index (χ3v) is 3.03. The van der Waals surface area contributed by atoms with Crippen molar-refractivity contribution in [2.24, 2.45) is 0 Å². The molecule has 0 spiro atoms. The summed E-state index contributed by atoms with van der Waals surface area (Å²) in [6.45, 7) is 1.13. The van der Waals surface area contributed by atoms with Crippen LogP contribution in [0.15, 0.2) is 30.3 Å². The number of aliphatic carboxylic acids is 1. The number of hydrogen-bond acceptors (Lipinski definition) is 3. The zero-order valence-corrected chi connectivity index (χ0v) is 12.1. The molecule has 5 heteroatoms. The minimum atomic E-state index is -0.810. The molecule has 0 bridgehead atoms. The summed E-state index contributed by atoms with van der Waals surface area (Å²) in [5, 5.41) is 8.81. The first-order valence-corrected chi connectivity index (χ1v) is 6.72. The van der Waals surface area contributed by atoms with Gasteiger partial charge in [-0.25, -0.2) is 0 Å². The molecule has 1 aromatic rings. The minimum absolute atomic E-state index is 0.0937. The molecule has 20 heavy (non-hydrogen) atoms. The smallest absolute Gasteiger partial charge is 0.305 e. The van der Waals surface area contributed by atoms with Gasteiger partial charge in [-0.3, -0.25) is 9.59 Å². The molecule has 0 aliphatic rings. The summed E-state index contributed by atoms with van der Waals surface area (Å²) in [5.74, 6) is -0.716. The number of nitrogens with zero attached hydrogens (tertiary/aromatic N) is 2. The van der Waals surface area contributed by atoms with E-state index < -0.39 is 5.97 Å². The average molecular weight is 278 g/mol. The zero-order valence-electron chi connectivity index (χ0n) is 12.1. The summed E-state index contributed by atoms with van der Waals surface area (Å²) in [4.78, 5) is 25.8. The molecule has 0 radical (unpaired) electrons. The highest BCUT2D eigenvalue weighted by Gasteiger charge is 2.10. The lowest BCUT2D eigenvalue weighted by molar-refractivity contribution is -0.136. The maximum Gasteiger partial charge on any atom is 0.305 e. The van der Waals surface area contributed by atoms with E-state index >= 15 is 0 Å². The van der Waals surface area contributed by atoms with Gasteiger partial charge in [-0.2, -0.15) is 0 Å². The summed E-state index contributed by atoms with van der Waals surface area (Å²) >= 11 is 0. The molecule has 0 aliphatic heterocycles. The molecular weight excluding hydrogens is 256 g/mol. The minimum Gasteiger partial charge on any atom is -0.481 e. The molecule has 1 aromatic carbocycles. The second kappa shape index (κ2) is 8.19. The Morgan fingerprint density at radius 2 is 1.70 bits per heavy atom. The molecule has 1 rings (SSSR count). The number of carbonyl (C=O) groups is 2. The Morgan fingerprint density at radius 1 is 1.05 bits per heavy atom. The second-order valence-electron chi connectivity index (χ2n) is 4.86. The van der Waals surface area contributed by atoms with Gasteiger partial charge in [-0.15, -0.1) is 0 Å². The van der Waals surface area contributed by atoms with Gasteiger partial charge in [0, 0.05) is 39.3 Å². The van der Waals surface area contributed by atoms with Crippen LogP contribution < -0.4 is 4.90 Å². The number of hydrogen-bond donors (Lipinski definition) is 1. The standard InChI is InChI=1S/C15H22N2O3/c1-16(2)14(18)9-6-11-17(12-10-15(19)20)13-7-4-3-5-8-13/h3-5,7-8H,6,9-12H2,1-2H3,(H,19,20). The number of carboxylic acid groups (broad SMARTS) is 1. The highest BCUT2D eigenvalue weighted by atomic mass is 16.4. The van der Waals surface area contributed by atoms with E-state index in [0.717, 1.165) is 5.69 Å². The summed E-state index contributed by atoms with van der Waals surface area (Å²) in [5.41, 5.74) is 0.992. The van der Waals surface area contributed by atoms with Crippen molar-refractivity contribution >= 4 is 17.6 Å². The van der Waals surface area contributed by atoms with E-state index in [0.29, 0.717) is 25.9 Å². The monoisotopic (exact) mass is 278 g/mol. The van der Waals surface area contributed by atoms with E-state index in [4.69, 9.17) is 5.11 Å². The van der Waals surface area contributed by atoms with E-state index in [-0.39, 0.29) is 12.3 Å². The molecule has 0 atom stereocenters. The SMILES string of the molecule is CN(C)C(=O)CCCN(CCC(=O)O)c1ccccc1. The second-order valence-corrected chi connectivity index (χ2v) is 4.86. The van der Waals surface area contributed by atoms with Gasteiger partial charge in [0.25, 0.3) is 0 Å². The van der Waals surface area contributed by atoms with Gasteiger partial charge in [0.2, 0.25) is 5.91 Å². The normalized spacial score (nSPS) is 10.1. The molecular formula is C15H22N2O3. The van der Waals surface area contributed by atoms with Crippen molar-refractivity contribution in [3.05, 3.63) is 30.3 Å². The maximum absolute atomic E-state index is 11.5. The molecule has 1 N–H and O–H groups in total. The van der Waals surface area contributed by atoms with Crippen molar-refractivity contribution in [2.45, 2.75) is 19.3 Å². The van der Waals surface area contributed by atoms with Crippen LogP contribution in [0.2, 0.25) is 0 Å². The topological polar surface area (TPSA) is 60.9 Å². The van der Waals surface area contributed by atoms with E-state index in [1.165, 1.54) is 0 Å². The van der Waals surface area contributed by atoms with Crippen LogP contribution >= 0.6 is 0 Å². The number of carbonyl (C=O) groups excluding carboxylic acids is 1. The number of amides is 1. The zero-order chi connectivity index (χ0) is 15.0. The fourth-order valence-electron chi connectivity index (χ4n) is 1.88. The van der Waals surface area contributed by atoms with Crippen LogP contribution in [0.5, 0.6) is 0 Å². The van der Waals surface area contributed by atoms with Crippen LogP contribution in [0.3, 0.4) is 0 Å². The lowest BCUT2D eigenvalue weighted by Crippen LogP contribution is -2.29. The van der Waals surface area contributed by atoms with Gasteiger partial charge in [0.1, 0.15) is 0 Å². The van der Waals surface area contributed by atoms with Crippen molar-refractivity contribution < 1.29 is 14.7 Å². The lowest BCUT2D eigenvalue weighted by Gasteiger charge is -2.24. The van der Waals surface area contributed by atoms with Crippen molar-refractivity contribution in [1.82, 2.24) is 4.90 Å². The molecule has 0 heterocycles. The van der Waals surface area contributed by atoms with Crippen molar-refractivity contribution in [3.8, 4) is 0 Å². The van der Waals surface area contributed by atoms with Crippen molar-refractivity contribution in [1.29, 1.82) is 0 Å². The van der Waals surface area contributed by atoms with Crippen LogP contribution in [0.1, 0.15) is 19.3 Å². The van der Waals surface area contributed by atoms with E-state index in [9.17, 15) is 9.59 Å². The number of para-hydroxylation sites is 1. The predicted molar refractivity (Wildman–Crippen MR) is 78.8 cm³/mol. The highest BCUT2D eigenvalue weighted by molar-refractivity contribution is 5.75. The average Bonchev–Trinajstić information content (AvgIpc) is 2.42. The number of anilines is 1. The van der Waals surface area contributed by atoms with E-state index in [1.807, 2.05) is 35.2 Å². The molecule has 0 unspecified atom stereocenters. The summed E-state index contributed by atoms with van der Waals surface area (Å²) in [6.07, 6.45) is 1.28. The Kier molecular flexibility index (Phi) is 6.56. The van der Waals surface area contributed by atoms with E-state index in [2.05, 4.69) is 0 Å². The number of benzene rings is 1. The molecule has 5 nitrogen and oxygen atoms in total. The van der Waals surface area contributed by atoms with E-state index in [1.54, 1.807) is 19.0 Å². The molecule has 0 aliphatic carbocycles. The summed E-state index contributed by atoms with van der Waals surface area (Å²) < 4.78 is 0. The van der Waals surface area contributed by atoms with Gasteiger partial charge in [0.15, 0.2) is 0 Å². The van der Waals surface area contributed by atoms with Gasteiger partial charge in [-0.05, 0) is 18.6 Å². The predicted octanol–water partition coefficient (Wildman–Crippen LogP) is 1.84. The Balaban J connectivity index is 2.55. The molecule has 1 amide bonds. The molecule has 0 saturated heterocycles. The van der Waals surface area contributed by atoms with Crippen LogP contribution in [-0.4, -0.2) is 49.1 Å². The van der Waals surface area contributed by atoms with Crippen molar-refractivity contribution in [2.75, 3.05) is 32.1 Å². The first-order chi connectivity index (χ1) is 9.50. The molecule has 0 fully saturated rings. The Bertz CT molecular complexity index is 432. The van der Waals surface area contributed by atoms with Crippen LogP contribution in [-0.2, 0) is 9.59 Å². The number of rotatable bonds is 8. The highest BCUT2D eigenvalue weighted by Crippen LogP contribution is 2.14. The van der Waals surface area contributed by atoms with Crippen molar-refractivity contribution in [3.63, 3.8) is 0 Å². The number of carboxylic acids is 1. The third-order valence-electron chi connectivity index (χ3n) is 3.03. The van der Waals surface area contributed by atoms with Gasteiger partial charge < -0.3 is 14.9 Å². The Hall–Kier alpha value is -2.04.